The fourth-order valence-electron chi connectivity index (χ4n) is 3.55. The van der Waals surface area contributed by atoms with Crippen molar-refractivity contribution in [3.05, 3.63) is 54.2 Å². The van der Waals surface area contributed by atoms with Crippen molar-refractivity contribution in [3.8, 4) is 0 Å². The maximum absolute atomic E-state index is 12.7. The number of oxazole rings is 1. The van der Waals surface area contributed by atoms with Crippen LogP contribution < -0.4 is 0 Å². The number of carbonyl (C=O) groups excluding carboxylic acids is 1. The first-order chi connectivity index (χ1) is 12.4. The minimum absolute atomic E-state index is 0.0880. The lowest BCUT2D eigenvalue weighted by atomic mass is 9.77. The summed E-state index contributed by atoms with van der Waals surface area (Å²) in [6.45, 7) is 6.43. The summed E-state index contributed by atoms with van der Waals surface area (Å²) in [5, 5.41) is 0. The molecule has 0 bridgehead atoms. The van der Waals surface area contributed by atoms with Gasteiger partial charge in [-0.25, -0.2) is 4.98 Å². The molecule has 1 aliphatic rings. The van der Waals surface area contributed by atoms with E-state index in [-0.39, 0.29) is 36.1 Å². The van der Waals surface area contributed by atoms with E-state index < -0.39 is 0 Å². The van der Waals surface area contributed by atoms with Crippen LogP contribution in [0.15, 0.2) is 47.2 Å². The molecule has 0 amide bonds. The smallest absolute Gasteiger partial charge is 0.310 e. The van der Waals surface area contributed by atoms with E-state index in [0.29, 0.717) is 18.7 Å². The van der Waals surface area contributed by atoms with Gasteiger partial charge in [0.15, 0.2) is 5.89 Å². The number of hydrogen-bond acceptors (Lipinski definition) is 5. The highest BCUT2D eigenvalue weighted by molar-refractivity contribution is 5.73. The Hall–Kier alpha value is -2.14. The lowest BCUT2D eigenvalue weighted by molar-refractivity contribution is -0.155. The molecule has 0 radical (unpaired) electrons. The third-order valence-corrected chi connectivity index (χ3v) is 4.62. The van der Waals surface area contributed by atoms with Crippen LogP contribution in [0, 0.1) is 5.92 Å². The van der Waals surface area contributed by atoms with Crippen LogP contribution in [0.4, 0.5) is 0 Å². The van der Waals surface area contributed by atoms with Gasteiger partial charge in [0.1, 0.15) is 12.9 Å². The molecule has 1 aliphatic carbocycles. The summed E-state index contributed by atoms with van der Waals surface area (Å²) in [4.78, 5) is 17.0. The topological polar surface area (TPSA) is 61.6 Å². The molecule has 1 fully saturated rings. The molecule has 3 atom stereocenters. The van der Waals surface area contributed by atoms with Crippen LogP contribution in [0.3, 0.4) is 0 Å². The molecule has 0 N–H and O–H groups in total. The molecule has 5 heteroatoms. The minimum Gasteiger partial charge on any atom is -0.461 e. The van der Waals surface area contributed by atoms with Gasteiger partial charge < -0.3 is 13.9 Å². The second-order valence-electron chi connectivity index (χ2n) is 7.84. The maximum Gasteiger partial charge on any atom is 0.310 e. The number of esters is 1. The Kier molecular flexibility index (Phi) is 5.77. The molecule has 1 aromatic heterocycles. The summed E-state index contributed by atoms with van der Waals surface area (Å²) in [7, 11) is 0. The fourth-order valence-corrected chi connectivity index (χ4v) is 3.55. The molecule has 0 spiro atoms. The summed E-state index contributed by atoms with van der Waals surface area (Å²) in [5.74, 6) is 0.0340. The van der Waals surface area contributed by atoms with Gasteiger partial charge >= 0.3 is 5.97 Å². The molecule has 3 rings (SSSR count). The van der Waals surface area contributed by atoms with Crippen LogP contribution in [-0.2, 0) is 20.9 Å². The van der Waals surface area contributed by atoms with Gasteiger partial charge in [-0.2, -0.15) is 0 Å². The Balaban J connectivity index is 1.67. The van der Waals surface area contributed by atoms with Crippen LogP contribution in [0.5, 0.6) is 0 Å². The number of ether oxygens (including phenoxy) is 2. The van der Waals surface area contributed by atoms with Crippen LogP contribution in [0.25, 0.3) is 0 Å². The highest BCUT2D eigenvalue weighted by atomic mass is 16.5. The maximum atomic E-state index is 12.7. The second kappa shape index (κ2) is 8.04. The van der Waals surface area contributed by atoms with Gasteiger partial charge in [0.25, 0.3) is 0 Å². The Bertz CT molecular complexity index is 691. The van der Waals surface area contributed by atoms with E-state index in [1.54, 1.807) is 12.5 Å². The monoisotopic (exact) mass is 357 g/mol. The summed E-state index contributed by atoms with van der Waals surface area (Å²) in [6.07, 6.45) is 5.51. The zero-order valence-corrected chi connectivity index (χ0v) is 15.7. The van der Waals surface area contributed by atoms with Gasteiger partial charge in [-0.05, 0) is 45.6 Å². The largest absolute Gasteiger partial charge is 0.461 e. The SMILES string of the molecule is CC(C)(C)O[C@H]1CCC(C(=O)OCc2ccccc2)[C@H](c2ncco2)C1. The zero-order valence-electron chi connectivity index (χ0n) is 15.7. The average Bonchev–Trinajstić information content (AvgIpc) is 3.13. The molecule has 1 aromatic carbocycles. The average molecular weight is 357 g/mol. The minimum atomic E-state index is -0.253. The summed E-state index contributed by atoms with van der Waals surface area (Å²) >= 11 is 0. The number of carbonyl (C=O) groups is 1. The van der Waals surface area contributed by atoms with E-state index in [2.05, 4.69) is 4.98 Å². The third-order valence-electron chi connectivity index (χ3n) is 4.62. The number of hydrogen-bond donors (Lipinski definition) is 0. The number of aromatic nitrogens is 1. The van der Waals surface area contributed by atoms with Crippen molar-refractivity contribution >= 4 is 5.97 Å². The normalized spacial score (nSPS) is 23.6. The summed E-state index contributed by atoms with van der Waals surface area (Å²) < 4.78 is 17.2. The van der Waals surface area contributed by atoms with Crippen LogP contribution in [0.1, 0.15) is 57.4 Å². The first-order valence-electron chi connectivity index (χ1n) is 9.20. The first kappa shape index (κ1) is 18.6. The molecular formula is C21H27NO4. The third kappa shape index (κ3) is 4.94. The molecule has 1 unspecified atom stereocenters. The van der Waals surface area contributed by atoms with E-state index in [1.165, 1.54) is 0 Å². The summed E-state index contributed by atoms with van der Waals surface area (Å²) in [5.41, 5.74) is 0.769. The number of benzene rings is 1. The lowest BCUT2D eigenvalue weighted by Gasteiger charge is -2.36. The van der Waals surface area contributed by atoms with Gasteiger partial charge in [0, 0.05) is 0 Å². The van der Waals surface area contributed by atoms with Gasteiger partial charge in [-0.15, -0.1) is 0 Å². The van der Waals surface area contributed by atoms with E-state index >= 15 is 0 Å². The standard InChI is InChI=1S/C21H27NO4/c1-21(2,3)26-16-9-10-17(18(13-16)19-22-11-12-24-19)20(23)25-14-15-7-5-4-6-8-15/h4-8,11-12,16-18H,9-10,13-14H2,1-3H3/t16-,17?,18+/m0/s1. The van der Waals surface area contributed by atoms with Gasteiger partial charge in [-0.3, -0.25) is 4.79 Å². The highest BCUT2D eigenvalue weighted by Gasteiger charge is 2.40. The molecule has 5 nitrogen and oxygen atoms in total. The predicted octanol–water partition coefficient (Wildman–Crippen LogP) is 4.49. The van der Waals surface area contributed by atoms with E-state index in [4.69, 9.17) is 13.9 Å². The fraction of sp³-hybridized carbons (Fsp3) is 0.524. The zero-order chi connectivity index (χ0) is 18.6. The van der Waals surface area contributed by atoms with Crippen LogP contribution in [-0.4, -0.2) is 22.7 Å². The molecular weight excluding hydrogens is 330 g/mol. The molecule has 1 saturated carbocycles. The molecule has 1 heterocycles. The van der Waals surface area contributed by atoms with Crippen molar-refractivity contribution in [2.75, 3.05) is 0 Å². The molecule has 0 saturated heterocycles. The van der Waals surface area contributed by atoms with Crippen LogP contribution in [0.2, 0.25) is 0 Å². The molecule has 0 aliphatic heterocycles. The highest BCUT2D eigenvalue weighted by Crippen LogP contribution is 2.40. The van der Waals surface area contributed by atoms with Gasteiger partial charge in [-0.1, -0.05) is 30.3 Å². The van der Waals surface area contributed by atoms with Crippen LogP contribution >= 0.6 is 0 Å². The van der Waals surface area contributed by atoms with Gasteiger partial charge in [0.2, 0.25) is 0 Å². The predicted molar refractivity (Wildman–Crippen MR) is 97.4 cm³/mol. The van der Waals surface area contributed by atoms with Gasteiger partial charge in [0.05, 0.1) is 29.7 Å². The Labute approximate surface area is 154 Å². The van der Waals surface area contributed by atoms with E-state index in [9.17, 15) is 4.79 Å². The number of rotatable bonds is 5. The molecule has 140 valence electrons. The summed E-state index contributed by atoms with van der Waals surface area (Å²) in [6, 6.07) is 9.72. The van der Waals surface area contributed by atoms with Crippen molar-refractivity contribution in [2.24, 2.45) is 5.92 Å². The van der Waals surface area contributed by atoms with Crippen molar-refractivity contribution in [1.29, 1.82) is 0 Å². The van der Waals surface area contributed by atoms with E-state index in [1.807, 2.05) is 51.1 Å². The first-order valence-corrected chi connectivity index (χ1v) is 9.20. The second-order valence-corrected chi connectivity index (χ2v) is 7.84. The van der Waals surface area contributed by atoms with Crippen molar-refractivity contribution in [2.45, 2.75) is 64.3 Å². The quantitative estimate of drug-likeness (QED) is 0.738. The van der Waals surface area contributed by atoms with Crippen molar-refractivity contribution in [3.63, 3.8) is 0 Å². The number of nitrogens with zero attached hydrogens (tertiary/aromatic N) is 1. The van der Waals surface area contributed by atoms with Crippen molar-refractivity contribution in [1.82, 2.24) is 4.98 Å². The lowest BCUT2D eigenvalue weighted by Crippen LogP contribution is -2.37. The Morgan fingerprint density at radius 1 is 1.23 bits per heavy atom. The molecule has 26 heavy (non-hydrogen) atoms. The molecule has 2 aromatic rings. The van der Waals surface area contributed by atoms with E-state index in [0.717, 1.165) is 12.0 Å². The Morgan fingerprint density at radius 3 is 2.65 bits per heavy atom. The van der Waals surface area contributed by atoms with Crippen molar-refractivity contribution < 1.29 is 18.7 Å². The Morgan fingerprint density at radius 2 is 2.00 bits per heavy atom.